The standard InChI is InChI=1S/C25H28F6N4O3/c1-16-17(5-6-34(15-36)14-24(26,27)28)9-18(10-22(16)37-2)20(11-32)21-4-3-19(12-33-21)35-7-8-38-23(13-35)25(29,30)31/h3-4,9-12,15,23H,5-8,13-14,32H2,1-2H3. The van der Waals surface area contributed by atoms with Crippen molar-refractivity contribution in [2.45, 2.75) is 31.8 Å². The Balaban J connectivity index is 1.84. The summed E-state index contributed by atoms with van der Waals surface area (Å²) in [6, 6.07) is 6.69. The molecule has 1 atom stereocenters. The van der Waals surface area contributed by atoms with Gasteiger partial charge in [0.15, 0.2) is 6.10 Å². The van der Waals surface area contributed by atoms with Gasteiger partial charge < -0.3 is 25.0 Å². The Kier molecular flexibility index (Phi) is 9.13. The van der Waals surface area contributed by atoms with Crippen molar-refractivity contribution in [2.24, 2.45) is 5.73 Å². The molecule has 0 aliphatic carbocycles. The lowest BCUT2D eigenvalue weighted by Crippen LogP contribution is -2.49. The number of aromatic nitrogens is 1. The summed E-state index contributed by atoms with van der Waals surface area (Å²) in [4.78, 5) is 17.7. The van der Waals surface area contributed by atoms with Crippen LogP contribution in [0, 0.1) is 6.92 Å². The van der Waals surface area contributed by atoms with E-state index in [1.807, 2.05) is 0 Å². The highest BCUT2D eigenvalue weighted by Gasteiger charge is 2.43. The van der Waals surface area contributed by atoms with Crippen molar-refractivity contribution < 1.29 is 40.6 Å². The topological polar surface area (TPSA) is 80.9 Å². The number of morpholine rings is 1. The molecule has 2 aromatic rings. The normalized spacial score (nSPS) is 16.9. The van der Waals surface area contributed by atoms with Crippen molar-refractivity contribution in [3.63, 3.8) is 0 Å². The van der Waals surface area contributed by atoms with E-state index < -0.39 is 25.0 Å². The maximum atomic E-state index is 13.1. The number of pyridine rings is 1. The van der Waals surface area contributed by atoms with Gasteiger partial charge in [0.2, 0.25) is 6.41 Å². The number of hydrogen-bond donors (Lipinski definition) is 1. The smallest absolute Gasteiger partial charge is 0.416 e. The zero-order chi connectivity index (χ0) is 28.1. The summed E-state index contributed by atoms with van der Waals surface area (Å²) in [6.07, 6.45) is -7.83. The average molecular weight is 547 g/mol. The van der Waals surface area contributed by atoms with Gasteiger partial charge in [-0.05, 0) is 48.2 Å². The van der Waals surface area contributed by atoms with Crippen LogP contribution in [0.1, 0.15) is 22.4 Å². The third-order valence-corrected chi connectivity index (χ3v) is 6.19. The first-order chi connectivity index (χ1) is 17.9. The van der Waals surface area contributed by atoms with E-state index in [0.717, 1.165) is 0 Å². The van der Waals surface area contributed by atoms with Crippen LogP contribution in [-0.2, 0) is 16.0 Å². The predicted molar refractivity (Wildman–Crippen MR) is 129 cm³/mol. The number of anilines is 1. The van der Waals surface area contributed by atoms with Crippen LogP contribution in [0.5, 0.6) is 5.75 Å². The van der Waals surface area contributed by atoms with Crippen molar-refractivity contribution >= 4 is 17.7 Å². The van der Waals surface area contributed by atoms with Gasteiger partial charge in [0.05, 0.1) is 37.8 Å². The van der Waals surface area contributed by atoms with Crippen molar-refractivity contribution in [1.29, 1.82) is 0 Å². The fourth-order valence-corrected chi connectivity index (χ4v) is 4.18. The highest BCUT2D eigenvalue weighted by Crippen LogP contribution is 2.32. The molecule has 2 heterocycles. The van der Waals surface area contributed by atoms with Crippen molar-refractivity contribution in [1.82, 2.24) is 9.88 Å². The summed E-state index contributed by atoms with van der Waals surface area (Å²) >= 11 is 0. The molecule has 7 nitrogen and oxygen atoms in total. The SMILES string of the molecule is COc1cc(C(=CN)c2ccc(N3CCOC(C(F)(F)F)C3)cn2)cc(CCN(C=O)CC(F)(F)F)c1C. The van der Waals surface area contributed by atoms with Gasteiger partial charge >= 0.3 is 12.4 Å². The molecule has 2 N–H and O–H groups in total. The van der Waals surface area contributed by atoms with Gasteiger partial charge in [-0.2, -0.15) is 26.3 Å². The molecule has 1 aromatic heterocycles. The summed E-state index contributed by atoms with van der Waals surface area (Å²) in [6.45, 7) is 0.0817. The number of nitrogens with two attached hydrogens (primary N) is 1. The van der Waals surface area contributed by atoms with Crippen LogP contribution in [0.4, 0.5) is 32.0 Å². The van der Waals surface area contributed by atoms with E-state index in [1.54, 1.807) is 31.2 Å². The Bertz CT molecular complexity index is 1140. The molecule has 0 bridgehead atoms. The molecule has 1 amide bonds. The van der Waals surface area contributed by atoms with Crippen LogP contribution in [-0.4, -0.2) is 74.6 Å². The highest BCUT2D eigenvalue weighted by molar-refractivity contribution is 5.79. The van der Waals surface area contributed by atoms with Gasteiger partial charge in [-0.1, -0.05) is 6.07 Å². The van der Waals surface area contributed by atoms with E-state index >= 15 is 0 Å². The fourth-order valence-electron chi connectivity index (χ4n) is 4.18. The minimum absolute atomic E-state index is 0.0731. The largest absolute Gasteiger partial charge is 0.496 e. The molecule has 0 radical (unpaired) electrons. The van der Waals surface area contributed by atoms with Crippen LogP contribution in [0.15, 0.2) is 36.7 Å². The Morgan fingerprint density at radius 2 is 2.00 bits per heavy atom. The maximum Gasteiger partial charge on any atom is 0.416 e. The van der Waals surface area contributed by atoms with Gasteiger partial charge in [0.1, 0.15) is 12.3 Å². The second-order valence-electron chi connectivity index (χ2n) is 8.73. The molecule has 0 spiro atoms. The van der Waals surface area contributed by atoms with Gasteiger partial charge in [-0.15, -0.1) is 0 Å². The second-order valence-corrected chi connectivity index (χ2v) is 8.73. The van der Waals surface area contributed by atoms with Crippen LogP contribution >= 0.6 is 0 Å². The minimum atomic E-state index is -4.52. The lowest BCUT2D eigenvalue weighted by molar-refractivity contribution is -0.221. The first-order valence-electron chi connectivity index (χ1n) is 11.6. The molecule has 1 aliphatic heterocycles. The zero-order valence-electron chi connectivity index (χ0n) is 20.8. The Morgan fingerprint density at radius 3 is 2.55 bits per heavy atom. The number of ether oxygens (including phenoxy) is 2. The average Bonchev–Trinajstić information content (AvgIpc) is 2.87. The molecule has 1 saturated heterocycles. The quantitative estimate of drug-likeness (QED) is 0.377. The number of hydrogen-bond acceptors (Lipinski definition) is 6. The molecule has 1 unspecified atom stereocenters. The number of rotatable bonds is 9. The van der Waals surface area contributed by atoms with Crippen LogP contribution in [0.3, 0.4) is 0 Å². The van der Waals surface area contributed by atoms with Crippen LogP contribution in [0.25, 0.3) is 5.57 Å². The van der Waals surface area contributed by atoms with Gasteiger partial charge in [-0.25, -0.2) is 0 Å². The van der Waals surface area contributed by atoms with Crippen molar-refractivity contribution in [3.8, 4) is 5.75 Å². The first-order valence-corrected chi connectivity index (χ1v) is 11.6. The zero-order valence-corrected chi connectivity index (χ0v) is 20.8. The number of carbonyl (C=O) groups is 1. The van der Waals surface area contributed by atoms with Gasteiger partial charge in [-0.3, -0.25) is 9.78 Å². The minimum Gasteiger partial charge on any atom is -0.496 e. The molecule has 1 aliphatic rings. The summed E-state index contributed by atoms with van der Waals surface area (Å²) in [7, 11) is 1.45. The van der Waals surface area contributed by atoms with E-state index in [1.165, 1.54) is 24.4 Å². The highest BCUT2D eigenvalue weighted by atomic mass is 19.4. The summed E-state index contributed by atoms with van der Waals surface area (Å²) in [5.41, 5.74) is 9.22. The monoisotopic (exact) mass is 546 g/mol. The maximum absolute atomic E-state index is 13.1. The number of amides is 1. The molecular weight excluding hydrogens is 518 g/mol. The summed E-state index contributed by atoms with van der Waals surface area (Å²) < 4.78 is 87.7. The molecule has 1 aromatic carbocycles. The molecule has 1 fully saturated rings. The van der Waals surface area contributed by atoms with Crippen LogP contribution in [0.2, 0.25) is 0 Å². The van der Waals surface area contributed by atoms with Crippen molar-refractivity contribution in [3.05, 3.63) is 59.0 Å². The van der Waals surface area contributed by atoms with E-state index in [-0.39, 0.29) is 39.1 Å². The predicted octanol–water partition coefficient (Wildman–Crippen LogP) is 4.08. The molecule has 13 heteroatoms. The lowest BCUT2D eigenvalue weighted by Gasteiger charge is -2.35. The van der Waals surface area contributed by atoms with Crippen molar-refractivity contribution in [2.75, 3.05) is 44.8 Å². The summed E-state index contributed by atoms with van der Waals surface area (Å²) in [5, 5.41) is 0. The number of methoxy groups -OCH3 is 1. The molecule has 3 rings (SSSR count). The number of halogens is 6. The Morgan fingerprint density at radius 1 is 1.26 bits per heavy atom. The number of alkyl halides is 6. The van der Waals surface area contributed by atoms with E-state index in [0.29, 0.717) is 44.3 Å². The molecular formula is C25H28F6N4O3. The fraction of sp³-hybridized carbons (Fsp3) is 0.440. The number of nitrogens with zero attached hydrogens (tertiary/aromatic N) is 3. The van der Waals surface area contributed by atoms with E-state index in [2.05, 4.69) is 4.98 Å². The second kappa shape index (κ2) is 11.9. The van der Waals surface area contributed by atoms with E-state index in [9.17, 15) is 31.1 Å². The first kappa shape index (κ1) is 29.1. The lowest BCUT2D eigenvalue weighted by atomic mass is 9.95. The van der Waals surface area contributed by atoms with Crippen LogP contribution < -0.4 is 15.4 Å². The molecule has 208 valence electrons. The third-order valence-electron chi connectivity index (χ3n) is 6.19. The number of benzene rings is 1. The van der Waals surface area contributed by atoms with E-state index in [4.69, 9.17) is 15.2 Å². The Hall–Kier alpha value is -3.48. The molecule has 0 saturated carbocycles. The van der Waals surface area contributed by atoms with Gasteiger partial charge in [0, 0.05) is 24.9 Å². The number of carbonyl (C=O) groups excluding carboxylic acids is 1. The van der Waals surface area contributed by atoms with Gasteiger partial charge in [0.25, 0.3) is 0 Å². The third kappa shape index (κ3) is 7.30. The summed E-state index contributed by atoms with van der Waals surface area (Å²) in [5.74, 6) is 0.466. The Labute approximate surface area is 215 Å². The molecule has 38 heavy (non-hydrogen) atoms.